The van der Waals surface area contributed by atoms with E-state index in [0.717, 1.165) is 28.1 Å². The summed E-state index contributed by atoms with van der Waals surface area (Å²) >= 11 is 0. The second-order valence-electron chi connectivity index (χ2n) is 7.08. The summed E-state index contributed by atoms with van der Waals surface area (Å²) in [6.07, 6.45) is 1.49. The van der Waals surface area contributed by atoms with Crippen LogP contribution in [0.25, 0.3) is 39.9 Å². The van der Waals surface area contributed by atoms with Crippen molar-refractivity contribution < 1.29 is 9.47 Å². The molecule has 0 aliphatic rings. The normalized spacial score (nSPS) is 10.8. The molecule has 0 fully saturated rings. The zero-order valence-corrected chi connectivity index (χ0v) is 17.7. The molecule has 158 valence electrons. The lowest BCUT2D eigenvalue weighted by atomic mass is 10.0. The third kappa shape index (κ3) is 3.39. The van der Waals surface area contributed by atoms with E-state index < -0.39 is 0 Å². The van der Waals surface area contributed by atoms with Gasteiger partial charge < -0.3 is 9.47 Å². The Bertz CT molecular complexity index is 1330. The molecule has 0 atom stereocenters. The van der Waals surface area contributed by atoms with Crippen LogP contribution in [0.4, 0.5) is 0 Å². The maximum atomic E-state index is 5.54. The first kappa shape index (κ1) is 19.6. The number of hydrogen-bond acceptors (Lipinski definition) is 5. The summed E-state index contributed by atoms with van der Waals surface area (Å²) < 4.78 is 12.9. The lowest BCUT2D eigenvalue weighted by Crippen LogP contribution is -2.03. The molecule has 3 aromatic carbocycles. The smallest absolute Gasteiger partial charge is 0.231 e. The van der Waals surface area contributed by atoms with Gasteiger partial charge in [0, 0.05) is 16.7 Å². The van der Waals surface area contributed by atoms with E-state index in [1.807, 2.05) is 59.2 Å². The highest BCUT2D eigenvalue weighted by molar-refractivity contribution is 5.83. The number of rotatable bonds is 6. The molecule has 7 nitrogen and oxygen atoms in total. The van der Waals surface area contributed by atoms with Crippen LogP contribution in [0.15, 0.2) is 85.2 Å². The minimum absolute atomic E-state index is 0.573. The quantitative estimate of drug-likeness (QED) is 0.415. The number of aromatic nitrogens is 5. The van der Waals surface area contributed by atoms with Crippen molar-refractivity contribution in [3.05, 3.63) is 85.2 Å². The molecular formula is C25H21N5O2. The summed E-state index contributed by atoms with van der Waals surface area (Å²) in [7, 11) is 3.24. The number of nitrogens with one attached hydrogen (secondary N) is 1. The molecule has 0 radical (unpaired) electrons. The van der Waals surface area contributed by atoms with Crippen molar-refractivity contribution in [3.8, 4) is 51.3 Å². The van der Waals surface area contributed by atoms with Gasteiger partial charge in [0.1, 0.15) is 12.2 Å². The van der Waals surface area contributed by atoms with Gasteiger partial charge in [-0.05, 0) is 18.2 Å². The summed E-state index contributed by atoms with van der Waals surface area (Å²) in [6, 6.07) is 26.0. The molecule has 0 aliphatic heterocycles. The Balaban J connectivity index is 1.85. The van der Waals surface area contributed by atoms with E-state index >= 15 is 0 Å². The third-order valence-electron chi connectivity index (χ3n) is 5.23. The molecule has 0 amide bonds. The molecule has 0 unspecified atom stereocenters. The molecule has 1 N–H and O–H groups in total. The zero-order valence-electron chi connectivity index (χ0n) is 17.7. The van der Waals surface area contributed by atoms with Crippen LogP contribution in [0, 0.1) is 0 Å². The number of methoxy groups -OCH3 is 2. The fourth-order valence-electron chi connectivity index (χ4n) is 3.76. The lowest BCUT2D eigenvalue weighted by Gasteiger charge is -2.12. The van der Waals surface area contributed by atoms with Crippen molar-refractivity contribution in [1.82, 2.24) is 24.7 Å². The Morgan fingerprint density at radius 2 is 1.44 bits per heavy atom. The highest BCUT2D eigenvalue weighted by Gasteiger charge is 2.24. The summed E-state index contributed by atoms with van der Waals surface area (Å²) in [6.45, 7) is 0. The van der Waals surface area contributed by atoms with E-state index in [0.29, 0.717) is 23.3 Å². The fourth-order valence-corrected chi connectivity index (χ4v) is 3.76. The highest BCUT2D eigenvalue weighted by Crippen LogP contribution is 2.39. The van der Waals surface area contributed by atoms with Gasteiger partial charge in [0.05, 0.1) is 25.6 Å². The second kappa shape index (κ2) is 8.39. The molecule has 32 heavy (non-hydrogen) atoms. The number of hydrogen-bond donors (Lipinski definition) is 1. The number of imidazole rings is 1. The van der Waals surface area contributed by atoms with Crippen molar-refractivity contribution >= 4 is 0 Å². The Morgan fingerprint density at radius 3 is 2.06 bits per heavy atom. The van der Waals surface area contributed by atoms with Gasteiger partial charge in [-0.1, -0.05) is 60.7 Å². The van der Waals surface area contributed by atoms with Crippen LogP contribution in [-0.2, 0) is 0 Å². The first-order valence-corrected chi connectivity index (χ1v) is 10.1. The number of aromatic amines is 1. The molecule has 5 rings (SSSR count). The second-order valence-corrected chi connectivity index (χ2v) is 7.08. The van der Waals surface area contributed by atoms with Gasteiger partial charge in [-0.2, -0.15) is 10.1 Å². The van der Waals surface area contributed by atoms with E-state index in [-0.39, 0.29) is 0 Å². The summed E-state index contributed by atoms with van der Waals surface area (Å²) in [5.74, 6) is 2.56. The fraction of sp³-hybridized carbons (Fsp3) is 0.0800. The van der Waals surface area contributed by atoms with Gasteiger partial charge in [-0.25, -0.2) is 10.1 Å². The number of ether oxygens (including phenoxy) is 2. The topological polar surface area (TPSA) is 77.9 Å². The van der Waals surface area contributed by atoms with Gasteiger partial charge in [-0.15, -0.1) is 0 Å². The Hall–Kier alpha value is -4.39. The molecule has 2 heterocycles. The lowest BCUT2D eigenvalue weighted by molar-refractivity contribution is 0.355. The van der Waals surface area contributed by atoms with Crippen LogP contribution in [-0.4, -0.2) is 39.0 Å². The molecule has 0 saturated carbocycles. The van der Waals surface area contributed by atoms with Gasteiger partial charge >= 0.3 is 0 Å². The number of nitrogens with zero attached hydrogens (tertiary/aromatic N) is 4. The minimum atomic E-state index is 0.573. The highest BCUT2D eigenvalue weighted by atomic mass is 16.5. The van der Waals surface area contributed by atoms with Crippen LogP contribution in [0.3, 0.4) is 0 Å². The molecule has 0 spiro atoms. The van der Waals surface area contributed by atoms with Crippen molar-refractivity contribution in [3.63, 3.8) is 0 Å². The van der Waals surface area contributed by atoms with Crippen molar-refractivity contribution in [1.29, 1.82) is 0 Å². The summed E-state index contributed by atoms with van der Waals surface area (Å²) in [4.78, 5) is 9.54. The predicted octanol–water partition coefficient (Wildman–Crippen LogP) is 5.01. The molecule has 7 heteroatoms. The average Bonchev–Trinajstić information content (AvgIpc) is 3.53. The Labute approximate surface area is 185 Å². The summed E-state index contributed by atoms with van der Waals surface area (Å²) in [5.41, 5.74) is 4.64. The van der Waals surface area contributed by atoms with Crippen LogP contribution < -0.4 is 9.47 Å². The average molecular weight is 423 g/mol. The first-order valence-electron chi connectivity index (χ1n) is 10.1. The largest absolute Gasteiger partial charge is 0.493 e. The van der Waals surface area contributed by atoms with Crippen molar-refractivity contribution in [2.45, 2.75) is 0 Å². The van der Waals surface area contributed by atoms with Crippen LogP contribution >= 0.6 is 0 Å². The van der Waals surface area contributed by atoms with Gasteiger partial charge in [0.25, 0.3) is 0 Å². The monoisotopic (exact) mass is 423 g/mol. The Kier molecular flexibility index (Phi) is 5.13. The van der Waals surface area contributed by atoms with E-state index in [4.69, 9.17) is 14.5 Å². The SMILES string of the molecule is COc1ccc(-c2nc(-c3ccccc3)c(-c3ccccc3)n2-c2ncn[nH]2)cc1OC. The van der Waals surface area contributed by atoms with Gasteiger partial charge in [0.2, 0.25) is 5.95 Å². The maximum Gasteiger partial charge on any atom is 0.231 e. The standard InChI is InChI=1S/C25H21N5O2/c1-31-20-14-13-19(15-21(20)32-2)24-28-22(17-9-5-3-6-10-17)23(18-11-7-4-8-12-18)30(24)25-26-16-27-29-25/h3-16H,1-2H3,(H,26,27,29). The van der Waals surface area contributed by atoms with E-state index in [9.17, 15) is 0 Å². The van der Waals surface area contributed by atoms with Gasteiger partial charge in [0.15, 0.2) is 11.5 Å². The maximum absolute atomic E-state index is 5.54. The van der Waals surface area contributed by atoms with E-state index in [1.165, 1.54) is 6.33 Å². The molecule has 5 aromatic rings. The molecule has 0 aliphatic carbocycles. The molecule has 0 bridgehead atoms. The van der Waals surface area contributed by atoms with Gasteiger partial charge in [-0.3, -0.25) is 4.57 Å². The number of H-pyrrole nitrogens is 1. The van der Waals surface area contributed by atoms with E-state index in [1.54, 1.807) is 14.2 Å². The zero-order chi connectivity index (χ0) is 21.9. The predicted molar refractivity (Wildman–Crippen MR) is 123 cm³/mol. The summed E-state index contributed by atoms with van der Waals surface area (Å²) in [5, 5.41) is 7.08. The van der Waals surface area contributed by atoms with Crippen molar-refractivity contribution in [2.24, 2.45) is 0 Å². The van der Waals surface area contributed by atoms with Crippen LogP contribution in [0.2, 0.25) is 0 Å². The number of benzene rings is 3. The molecule has 0 saturated heterocycles. The van der Waals surface area contributed by atoms with Crippen LogP contribution in [0.1, 0.15) is 0 Å². The first-order chi connectivity index (χ1) is 15.8. The third-order valence-corrected chi connectivity index (χ3v) is 5.23. The Morgan fingerprint density at radius 1 is 0.750 bits per heavy atom. The molecule has 2 aromatic heterocycles. The van der Waals surface area contributed by atoms with E-state index in [2.05, 4.69) is 39.4 Å². The molecular weight excluding hydrogens is 402 g/mol. The van der Waals surface area contributed by atoms with Crippen LogP contribution in [0.5, 0.6) is 11.5 Å². The minimum Gasteiger partial charge on any atom is -0.493 e. The van der Waals surface area contributed by atoms with Crippen molar-refractivity contribution in [2.75, 3.05) is 14.2 Å².